The van der Waals surface area contributed by atoms with Crippen molar-refractivity contribution in [3.8, 4) is 0 Å². The number of amides is 1. The number of hydrogen-bond acceptors (Lipinski definition) is 1. The summed E-state index contributed by atoms with van der Waals surface area (Å²) in [5, 5.41) is 1.22. The molecule has 100 valence electrons. The van der Waals surface area contributed by atoms with Crippen LogP contribution in [0.15, 0.2) is 30.5 Å². The fourth-order valence-electron chi connectivity index (χ4n) is 3.10. The lowest BCUT2D eigenvalue weighted by molar-refractivity contribution is -0.128. The number of nitrogens with one attached hydrogen (secondary N) is 1. The predicted octanol–water partition coefficient (Wildman–Crippen LogP) is 3.32. The zero-order valence-electron chi connectivity index (χ0n) is 11.4. The molecule has 1 fully saturated rings. The Morgan fingerprint density at radius 2 is 2.26 bits per heavy atom. The smallest absolute Gasteiger partial charge is 0.223 e. The molecule has 1 amide bonds. The third-order valence-electron chi connectivity index (χ3n) is 4.03. The van der Waals surface area contributed by atoms with Crippen molar-refractivity contribution in [2.24, 2.45) is 5.92 Å². The van der Waals surface area contributed by atoms with E-state index in [0.717, 1.165) is 37.9 Å². The number of carbonyl (C=O) groups is 1. The summed E-state index contributed by atoms with van der Waals surface area (Å²) >= 11 is 0. The van der Waals surface area contributed by atoms with Gasteiger partial charge >= 0.3 is 0 Å². The maximum Gasteiger partial charge on any atom is 0.223 e. The number of carbonyl (C=O) groups excluding carboxylic acids is 1. The highest BCUT2D eigenvalue weighted by atomic mass is 16.2. The Labute approximate surface area is 113 Å². The van der Waals surface area contributed by atoms with Gasteiger partial charge in [0.25, 0.3) is 0 Å². The zero-order valence-corrected chi connectivity index (χ0v) is 11.4. The van der Waals surface area contributed by atoms with Gasteiger partial charge < -0.3 is 9.88 Å². The summed E-state index contributed by atoms with van der Waals surface area (Å²) in [7, 11) is 0. The van der Waals surface area contributed by atoms with Crippen LogP contribution in [0.1, 0.15) is 31.7 Å². The normalized spacial score (nSPS) is 19.5. The lowest BCUT2D eigenvalue weighted by Gasteiger charge is -2.17. The maximum absolute atomic E-state index is 12.1. The summed E-state index contributed by atoms with van der Waals surface area (Å²) in [6.45, 7) is 3.84. The van der Waals surface area contributed by atoms with Crippen molar-refractivity contribution in [2.45, 2.75) is 32.7 Å². The number of para-hydroxylation sites is 1. The molecule has 1 aromatic carbocycles. The summed E-state index contributed by atoms with van der Waals surface area (Å²) in [6.07, 6.45) is 5.02. The minimum Gasteiger partial charge on any atom is -0.361 e. The van der Waals surface area contributed by atoms with Crippen molar-refractivity contribution in [2.75, 3.05) is 6.54 Å². The summed E-state index contributed by atoms with van der Waals surface area (Å²) < 4.78 is 0. The molecule has 0 aliphatic carbocycles. The molecule has 2 heterocycles. The third kappa shape index (κ3) is 2.37. The van der Waals surface area contributed by atoms with Crippen molar-refractivity contribution in [1.82, 2.24) is 9.88 Å². The Hall–Kier alpha value is -1.77. The summed E-state index contributed by atoms with van der Waals surface area (Å²) in [4.78, 5) is 17.3. The molecule has 1 unspecified atom stereocenters. The maximum atomic E-state index is 12.1. The van der Waals surface area contributed by atoms with Gasteiger partial charge in [-0.05, 0) is 29.4 Å². The summed E-state index contributed by atoms with van der Waals surface area (Å²) in [5.41, 5.74) is 2.38. The van der Waals surface area contributed by atoms with E-state index >= 15 is 0 Å². The van der Waals surface area contributed by atoms with Crippen molar-refractivity contribution < 1.29 is 4.79 Å². The molecule has 3 heteroatoms. The lowest BCUT2D eigenvalue weighted by Crippen LogP contribution is -2.24. The number of rotatable bonds is 4. The first kappa shape index (κ1) is 12.3. The molecule has 3 rings (SSSR count). The van der Waals surface area contributed by atoms with Gasteiger partial charge in [-0.2, -0.15) is 0 Å². The van der Waals surface area contributed by atoms with Gasteiger partial charge in [-0.15, -0.1) is 0 Å². The van der Waals surface area contributed by atoms with E-state index in [1.54, 1.807) is 0 Å². The molecular formula is C16H20N2O. The molecule has 0 bridgehead atoms. The number of fused-ring (bicyclic) bond motifs is 1. The highest BCUT2D eigenvalue weighted by Crippen LogP contribution is 2.25. The van der Waals surface area contributed by atoms with E-state index in [9.17, 15) is 4.79 Å². The van der Waals surface area contributed by atoms with Crippen LogP contribution < -0.4 is 0 Å². The van der Waals surface area contributed by atoms with Crippen molar-refractivity contribution in [3.05, 3.63) is 36.0 Å². The van der Waals surface area contributed by atoms with Crippen molar-refractivity contribution in [1.29, 1.82) is 0 Å². The van der Waals surface area contributed by atoms with Gasteiger partial charge in [0.2, 0.25) is 5.91 Å². The molecule has 2 aromatic rings. The van der Waals surface area contributed by atoms with Crippen LogP contribution in [0.25, 0.3) is 10.9 Å². The van der Waals surface area contributed by atoms with E-state index < -0.39 is 0 Å². The van der Waals surface area contributed by atoms with Crippen LogP contribution in [0, 0.1) is 5.92 Å². The van der Waals surface area contributed by atoms with Gasteiger partial charge in [0, 0.05) is 25.7 Å². The Balaban J connectivity index is 1.78. The topological polar surface area (TPSA) is 36.1 Å². The van der Waals surface area contributed by atoms with Crippen LogP contribution in [0.4, 0.5) is 0 Å². The summed E-state index contributed by atoms with van der Waals surface area (Å²) in [5.74, 6) is 0.863. The molecule has 1 saturated heterocycles. The molecule has 0 saturated carbocycles. The van der Waals surface area contributed by atoms with Gasteiger partial charge in [0.1, 0.15) is 0 Å². The molecule has 1 N–H and O–H groups in total. The van der Waals surface area contributed by atoms with Gasteiger partial charge in [-0.1, -0.05) is 31.5 Å². The Morgan fingerprint density at radius 3 is 3.11 bits per heavy atom. The van der Waals surface area contributed by atoms with E-state index in [0.29, 0.717) is 11.8 Å². The average molecular weight is 256 g/mol. The van der Waals surface area contributed by atoms with E-state index in [-0.39, 0.29) is 0 Å². The molecule has 1 aliphatic rings. The summed E-state index contributed by atoms with van der Waals surface area (Å²) in [6, 6.07) is 8.35. The van der Waals surface area contributed by atoms with Gasteiger partial charge in [-0.3, -0.25) is 4.79 Å². The van der Waals surface area contributed by atoms with Crippen molar-refractivity contribution >= 4 is 16.8 Å². The molecule has 0 radical (unpaired) electrons. The second-order valence-corrected chi connectivity index (χ2v) is 5.49. The molecule has 19 heavy (non-hydrogen) atoms. The lowest BCUT2D eigenvalue weighted by atomic mass is 10.0. The minimum absolute atomic E-state index is 0.307. The number of aromatic amines is 1. The predicted molar refractivity (Wildman–Crippen MR) is 76.7 cm³/mol. The number of likely N-dealkylation sites (tertiary alicyclic amines) is 1. The fraction of sp³-hybridized carbons (Fsp3) is 0.438. The van der Waals surface area contributed by atoms with E-state index in [1.807, 2.05) is 11.1 Å². The van der Waals surface area contributed by atoms with Crippen LogP contribution >= 0.6 is 0 Å². The van der Waals surface area contributed by atoms with E-state index in [2.05, 4.69) is 36.2 Å². The van der Waals surface area contributed by atoms with Crippen LogP contribution in [-0.2, 0) is 11.3 Å². The molecule has 1 aliphatic heterocycles. The zero-order chi connectivity index (χ0) is 13.2. The van der Waals surface area contributed by atoms with Crippen LogP contribution in [-0.4, -0.2) is 22.3 Å². The average Bonchev–Trinajstić information content (AvgIpc) is 2.98. The largest absolute Gasteiger partial charge is 0.361 e. The second-order valence-electron chi connectivity index (χ2n) is 5.49. The monoisotopic (exact) mass is 256 g/mol. The number of aromatic nitrogens is 1. The van der Waals surface area contributed by atoms with E-state index in [1.165, 1.54) is 10.9 Å². The van der Waals surface area contributed by atoms with E-state index in [4.69, 9.17) is 0 Å². The first-order chi connectivity index (χ1) is 9.28. The molecule has 1 atom stereocenters. The quantitative estimate of drug-likeness (QED) is 0.895. The highest BCUT2D eigenvalue weighted by Gasteiger charge is 2.28. The Kier molecular flexibility index (Phi) is 3.28. The molecular weight excluding hydrogens is 236 g/mol. The minimum atomic E-state index is 0.307. The van der Waals surface area contributed by atoms with Crippen molar-refractivity contribution in [3.63, 3.8) is 0 Å². The van der Waals surface area contributed by atoms with Crippen LogP contribution in [0.3, 0.4) is 0 Å². The van der Waals surface area contributed by atoms with Crippen LogP contribution in [0.5, 0.6) is 0 Å². The second kappa shape index (κ2) is 5.08. The molecule has 0 spiro atoms. The van der Waals surface area contributed by atoms with Gasteiger partial charge in [0.05, 0.1) is 5.52 Å². The Morgan fingerprint density at radius 1 is 1.37 bits per heavy atom. The fourth-order valence-corrected chi connectivity index (χ4v) is 3.10. The van der Waals surface area contributed by atoms with Gasteiger partial charge in [0.15, 0.2) is 0 Å². The number of nitrogens with zero attached hydrogens (tertiary/aromatic N) is 1. The molecule has 1 aromatic heterocycles. The third-order valence-corrected chi connectivity index (χ3v) is 4.03. The van der Waals surface area contributed by atoms with Gasteiger partial charge in [-0.25, -0.2) is 0 Å². The first-order valence-electron chi connectivity index (χ1n) is 7.10. The van der Waals surface area contributed by atoms with Crippen LogP contribution in [0.2, 0.25) is 0 Å². The standard InChI is InChI=1S/C16H20N2O/c1-2-4-12-9-15(19)18(10-12)11-14-6-3-5-13-7-8-17-16(13)14/h3,5-8,12,17H,2,4,9-11H2,1H3. The SMILES string of the molecule is CCCC1CC(=O)N(Cc2cccc3cc[nH]c23)C1. The number of hydrogen-bond donors (Lipinski definition) is 1. The molecule has 3 nitrogen and oxygen atoms in total. The number of benzene rings is 1. The first-order valence-corrected chi connectivity index (χ1v) is 7.10. The number of H-pyrrole nitrogens is 1. The highest BCUT2D eigenvalue weighted by molar-refractivity contribution is 5.83. The Bertz CT molecular complexity index is 587.